The number of fused-ring (bicyclic) bond motifs is 5. The largest absolute Gasteiger partial charge is 0.497 e. The maximum absolute atomic E-state index is 13.4. The summed E-state index contributed by atoms with van der Waals surface area (Å²) in [5, 5.41) is 1.20. The quantitative estimate of drug-likeness (QED) is 0.624. The number of allylic oxidation sites excluding steroid dienone is 1. The van der Waals surface area contributed by atoms with Crippen LogP contribution in [-0.2, 0) is 6.42 Å². The van der Waals surface area contributed by atoms with Gasteiger partial charge in [0.2, 0.25) is 0 Å². The van der Waals surface area contributed by atoms with Gasteiger partial charge >= 0.3 is 0 Å². The molecule has 5 rings (SSSR count). The van der Waals surface area contributed by atoms with Gasteiger partial charge in [-0.3, -0.25) is 0 Å². The summed E-state index contributed by atoms with van der Waals surface area (Å²) < 4.78 is 18.8. The second-order valence-electron chi connectivity index (χ2n) is 7.02. The highest BCUT2D eigenvalue weighted by molar-refractivity contribution is 7.80. The van der Waals surface area contributed by atoms with E-state index in [0.29, 0.717) is 0 Å². The van der Waals surface area contributed by atoms with Crippen LogP contribution >= 0.6 is 12.2 Å². The van der Waals surface area contributed by atoms with E-state index in [-0.39, 0.29) is 5.82 Å². The van der Waals surface area contributed by atoms with Crippen LogP contribution in [0.3, 0.4) is 0 Å². The number of methoxy groups -OCH3 is 1. The number of hydrogen-bond acceptors (Lipinski definition) is 2. The van der Waals surface area contributed by atoms with Gasteiger partial charge in [0, 0.05) is 23.9 Å². The van der Waals surface area contributed by atoms with Crippen molar-refractivity contribution < 1.29 is 9.13 Å². The van der Waals surface area contributed by atoms with Crippen LogP contribution in [0.1, 0.15) is 29.7 Å². The van der Waals surface area contributed by atoms with Crippen molar-refractivity contribution in [2.45, 2.75) is 19.3 Å². The number of halogens is 1. The summed E-state index contributed by atoms with van der Waals surface area (Å²) >= 11 is 5.67. The first-order valence-corrected chi connectivity index (χ1v) is 9.55. The highest BCUT2D eigenvalue weighted by Gasteiger charge is 2.32. The monoisotopic (exact) mass is 378 g/mol. The van der Waals surface area contributed by atoms with Crippen molar-refractivity contribution >= 4 is 39.4 Å². The maximum Gasteiger partial charge on any atom is 0.123 e. The molecule has 1 aromatic heterocycles. The number of ether oxygens (including phenoxy) is 1. The molecular formula is C22H19FN2OS. The standard InChI is InChI=1S/C22H19FN2OS/c1-26-15-6-8-19-18(12-15)17-10-11-25-20(27)9-7-16(22(25)21(17)24-19)13-2-4-14(23)5-3-13/h2-6,8,12,24H,7,9-11H2,1H3. The lowest BCUT2D eigenvalue weighted by Gasteiger charge is -2.37. The lowest BCUT2D eigenvalue weighted by molar-refractivity contribution is 0.415. The van der Waals surface area contributed by atoms with Gasteiger partial charge in [-0.1, -0.05) is 24.4 Å². The zero-order valence-electron chi connectivity index (χ0n) is 15.0. The van der Waals surface area contributed by atoms with Crippen LogP contribution in [0.5, 0.6) is 5.75 Å². The molecule has 0 spiro atoms. The molecule has 0 aliphatic carbocycles. The van der Waals surface area contributed by atoms with Gasteiger partial charge in [0.1, 0.15) is 11.6 Å². The highest BCUT2D eigenvalue weighted by Crippen LogP contribution is 2.43. The Hall–Kier alpha value is -2.66. The molecule has 3 aromatic rings. The van der Waals surface area contributed by atoms with Gasteiger partial charge in [-0.05, 0) is 59.9 Å². The second kappa shape index (κ2) is 6.20. The average Bonchev–Trinajstić information content (AvgIpc) is 3.07. The molecular weight excluding hydrogens is 359 g/mol. The topological polar surface area (TPSA) is 28.3 Å². The van der Waals surface area contributed by atoms with Gasteiger partial charge in [-0.25, -0.2) is 4.39 Å². The smallest absolute Gasteiger partial charge is 0.123 e. The molecule has 5 heteroatoms. The van der Waals surface area contributed by atoms with Crippen LogP contribution in [0.25, 0.3) is 22.2 Å². The molecule has 0 amide bonds. The van der Waals surface area contributed by atoms with E-state index < -0.39 is 0 Å². The van der Waals surface area contributed by atoms with E-state index in [0.717, 1.165) is 59.0 Å². The summed E-state index contributed by atoms with van der Waals surface area (Å²) in [6, 6.07) is 12.9. The van der Waals surface area contributed by atoms with Crippen molar-refractivity contribution in [2.24, 2.45) is 0 Å². The molecule has 136 valence electrons. The van der Waals surface area contributed by atoms with Crippen LogP contribution < -0.4 is 4.74 Å². The molecule has 0 unspecified atom stereocenters. The lowest BCUT2D eigenvalue weighted by atomic mass is 9.89. The summed E-state index contributed by atoms with van der Waals surface area (Å²) in [4.78, 5) is 6.85. The highest BCUT2D eigenvalue weighted by atomic mass is 32.1. The van der Waals surface area contributed by atoms with Crippen LogP contribution in [-0.4, -0.2) is 28.5 Å². The van der Waals surface area contributed by atoms with Crippen molar-refractivity contribution in [2.75, 3.05) is 13.7 Å². The molecule has 0 radical (unpaired) electrons. The molecule has 0 bridgehead atoms. The molecule has 1 N–H and O–H groups in total. The van der Waals surface area contributed by atoms with E-state index in [1.807, 2.05) is 18.2 Å². The second-order valence-corrected chi connectivity index (χ2v) is 7.49. The Balaban J connectivity index is 1.77. The Morgan fingerprint density at radius 1 is 1.07 bits per heavy atom. The van der Waals surface area contributed by atoms with Gasteiger partial charge in [-0.2, -0.15) is 0 Å². The minimum Gasteiger partial charge on any atom is -0.497 e. The van der Waals surface area contributed by atoms with Crippen LogP contribution in [0.2, 0.25) is 0 Å². The summed E-state index contributed by atoms with van der Waals surface area (Å²) in [6.45, 7) is 0.871. The summed E-state index contributed by atoms with van der Waals surface area (Å²) in [5.41, 5.74) is 6.97. The molecule has 3 heterocycles. The normalized spacial score (nSPS) is 16.5. The van der Waals surface area contributed by atoms with E-state index in [1.54, 1.807) is 7.11 Å². The van der Waals surface area contributed by atoms with Gasteiger partial charge < -0.3 is 14.6 Å². The third-order valence-electron chi connectivity index (χ3n) is 5.57. The summed E-state index contributed by atoms with van der Waals surface area (Å²) in [5.74, 6) is 0.646. The molecule has 2 aliphatic rings. The van der Waals surface area contributed by atoms with Gasteiger partial charge in [0.15, 0.2) is 0 Å². The SMILES string of the molecule is COc1ccc2[nH]c3c(c2c1)CCN1C(=S)CCC(c2ccc(F)cc2)=C31. The fourth-order valence-electron chi connectivity index (χ4n) is 4.27. The minimum atomic E-state index is -0.213. The Bertz CT molecular complexity index is 1100. The number of aromatic nitrogens is 1. The third-order valence-corrected chi connectivity index (χ3v) is 6.00. The van der Waals surface area contributed by atoms with Crippen molar-refractivity contribution in [1.82, 2.24) is 9.88 Å². The molecule has 0 fully saturated rings. The van der Waals surface area contributed by atoms with E-state index in [9.17, 15) is 4.39 Å². The van der Waals surface area contributed by atoms with Crippen molar-refractivity contribution in [3.05, 3.63) is 65.1 Å². The number of nitrogens with zero attached hydrogens (tertiary/aromatic N) is 1. The fourth-order valence-corrected chi connectivity index (χ4v) is 4.55. The molecule has 2 aliphatic heterocycles. The molecule has 2 aromatic carbocycles. The number of hydrogen-bond donors (Lipinski definition) is 1. The number of rotatable bonds is 2. The minimum absolute atomic E-state index is 0.213. The zero-order valence-corrected chi connectivity index (χ0v) is 15.8. The summed E-state index contributed by atoms with van der Waals surface area (Å²) in [6.07, 6.45) is 2.66. The Labute approximate surface area is 162 Å². The van der Waals surface area contributed by atoms with E-state index in [1.165, 1.54) is 28.7 Å². The lowest BCUT2D eigenvalue weighted by Crippen LogP contribution is -2.36. The van der Waals surface area contributed by atoms with Gasteiger partial charge in [0.25, 0.3) is 0 Å². The predicted molar refractivity (Wildman–Crippen MR) is 110 cm³/mol. The van der Waals surface area contributed by atoms with E-state index in [2.05, 4.69) is 22.0 Å². The van der Waals surface area contributed by atoms with Crippen molar-refractivity contribution in [1.29, 1.82) is 0 Å². The van der Waals surface area contributed by atoms with Crippen LogP contribution in [0.4, 0.5) is 4.39 Å². The number of thiocarbonyl (C=S) groups is 1. The molecule has 3 nitrogen and oxygen atoms in total. The summed E-state index contributed by atoms with van der Waals surface area (Å²) in [7, 11) is 1.69. The Morgan fingerprint density at radius 2 is 1.89 bits per heavy atom. The Morgan fingerprint density at radius 3 is 2.67 bits per heavy atom. The first-order valence-electron chi connectivity index (χ1n) is 9.14. The Kier molecular flexibility index (Phi) is 3.79. The van der Waals surface area contributed by atoms with E-state index in [4.69, 9.17) is 17.0 Å². The number of H-pyrrole nitrogens is 1. The third kappa shape index (κ3) is 2.57. The zero-order chi connectivity index (χ0) is 18.5. The van der Waals surface area contributed by atoms with Crippen molar-refractivity contribution in [3.63, 3.8) is 0 Å². The van der Waals surface area contributed by atoms with Gasteiger partial charge in [0.05, 0.1) is 23.5 Å². The molecule has 0 saturated heterocycles. The van der Waals surface area contributed by atoms with Crippen LogP contribution in [0.15, 0.2) is 42.5 Å². The van der Waals surface area contributed by atoms with Gasteiger partial charge in [-0.15, -0.1) is 0 Å². The number of benzene rings is 2. The number of nitrogens with one attached hydrogen (secondary N) is 1. The maximum atomic E-state index is 13.4. The molecule has 27 heavy (non-hydrogen) atoms. The first kappa shape index (κ1) is 16.5. The average molecular weight is 378 g/mol. The molecule has 0 atom stereocenters. The molecule has 0 saturated carbocycles. The first-order chi connectivity index (χ1) is 13.2. The number of aromatic amines is 1. The van der Waals surface area contributed by atoms with E-state index >= 15 is 0 Å². The predicted octanol–water partition coefficient (Wildman–Crippen LogP) is 5.16. The van der Waals surface area contributed by atoms with Crippen LogP contribution in [0, 0.1) is 5.82 Å². The fraction of sp³-hybridized carbons (Fsp3) is 0.227. The van der Waals surface area contributed by atoms with Crippen molar-refractivity contribution in [3.8, 4) is 5.75 Å².